The number of nitrogens with one attached hydrogen (secondary N) is 1. The SMILES string of the molecule is Oc1c(F)cccc1CNCC(O)C(F)(F)F. The number of halogens is 4. The Morgan fingerprint density at radius 2 is 1.94 bits per heavy atom. The van der Waals surface area contributed by atoms with Crippen LogP contribution in [0.25, 0.3) is 0 Å². The molecule has 1 rings (SSSR count). The minimum atomic E-state index is -4.70. The van der Waals surface area contributed by atoms with E-state index < -0.39 is 30.4 Å². The van der Waals surface area contributed by atoms with Gasteiger partial charge in [0.15, 0.2) is 17.7 Å². The van der Waals surface area contributed by atoms with E-state index >= 15 is 0 Å². The summed E-state index contributed by atoms with van der Waals surface area (Å²) >= 11 is 0. The van der Waals surface area contributed by atoms with Gasteiger partial charge in [-0.15, -0.1) is 0 Å². The molecule has 0 radical (unpaired) electrons. The van der Waals surface area contributed by atoms with Crippen LogP contribution in [-0.2, 0) is 6.54 Å². The third kappa shape index (κ3) is 3.86. The van der Waals surface area contributed by atoms with Crippen molar-refractivity contribution in [3.8, 4) is 5.75 Å². The van der Waals surface area contributed by atoms with Crippen LogP contribution in [0.5, 0.6) is 5.75 Å². The number of hydrogen-bond donors (Lipinski definition) is 3. The number of aliphatic hydroxyl groups is 1. The first-order valence-corrected chi connectivity index (χ1v) is 4.74. The van der Waals surface area contributed by atoms with Gasteiger partial charge < -0.3 is 15.5 Å². The fourth-order valence-electron chi connectivity index (χ4n) is 1.16. The summed E-state index contributed by atoms with van der Waals surface area (Å²) < 4.78 is 48.6. The first-order valence-electron chi connectivity index (χ1n) is 4.74. The highest BCUT2D eigenvalue weighted by molar-refractivity contribution is 5.33. The number of aliphatic hydroxyl groups excluding tert-OH is 1. The van der Waals surface area contributed by atoms with Crippen LogP contribution in [0.2, 0.25) is 0 Å². The normalized spacial score (nSPS) is 13.7. The maximum absolute atomic E-state index is 12.8. The fourth-order valence-corrected chi connectivity index (χ4v) is 1.16. The van der Waals surface area contributed by atoms with Crippen LogP contribution in [0.4, 0.5) is 17.6 Å². The molecule has 0 amide bonds. The first kappa shape index (κ1) is 13.7. The van der Waals surface area contributed by atoms with Crippen molar-refractivity contribution in [1.82, 2.24) is 5.32 Å². The van der Waals surface area contributed by atoms with Crippen molar-refractivity contribution in [3.63, 3.8) is 0 Å². The van der Waals surface area contributed by atoms with E-state index in [9.17, 15) is 22.7 Å². The molecule has 0 heterocycles. The van der Waals surface area contributed by atoms with Gasteiger partial charge in [-0.3, -0.25) is 0 Å². The highest BCUT2D eigenvalue weighted by Gasteiger charge is 2.37. The topological polar surface area (TPSA) is 52.5 Å². The smallest absolute Gasteiger partial charge is 0.415 e. The Morgan fingerprint density at radius 3 is 2.53 bits per heavy atom. The van der Waals surface area contributed by atoms with E-state index in [4.69, 9.17) is 5.11 Å². The molecule has 1 unspecified atom stereocenters. The minimum absolute atomic E-state index is 0.124. The average molecular weight is 253 g/mol. The van der Waals surface area contributed by atoms with Gasteiger partial charge in [-0.05, 0) is 6.07 Å². The zero-order valence-electron chi connectivity index (χ0n) is 8.63. The summed E-state index contributed by atoms with van der Waals surface area (Å²) in [6.07, 6.45) is -7.19. The largest absolute Gasteiger partial charge is 0.505 e. The Hall–Kier alpha value is -1.34. The highest BCUT2D eigenvalue weighted by atomic mass is 19.4. The van der Waals surface area contributed by atoms with E-state index in [-0.39, 0.29) is 12.1 Å². The number of phenolic OH excluding ortho intramolecular Hbond substituents is 1. The summed E-state index contributed by atoms with van der Waals surface area (Å²) in [6, 6.07) is 3.72. The summed E-state index contributed by atoms with van der Waals surface area (Å²) in [5, 5.41) is 20.2. The second-order valence-corrected chi connectivity index (χ2v) is 3.44. The average Bonchev–Trinajstić information content (AvgIpc) is 2.22. The van der Waals surface area contributed by atoms with E-state index in [0.717, 1.165) is 6.07 Å². The van der Waals surface area contributed by atoms with Gasteiger partial charge in [0, 0.05) is 18.7 Å². The molecule has 0 aliphatic carbocycles. The number of rotatable bonds is 4. The molecule has 0 fully saturated rings. The highest BCUT2D eigenvalue weighted by Crippen LogP contribution is 2.21. The van der Waals surface area contributed by atoms with Crippen molar-refractivity contribution >= 4 is 0 Å². The van der Waals surface area contributed by atoms with Crippen LogP contribution in [0, 0.1) is 5.82 Å². The summed E-state index contributed by atoms with van der Waals surface area (Å²) in [7, 11) is 0. The second-order valence-electron chi connectivity index (χ2n) is 3.44. The summed E-state index contributed by atoms with van der Waals surface area (Å²) in [5.41, 5.74) is 0.124. The molecule has 0 bridgehead atoms. The van der Waals surface area contributed by atoms with Crippen molar-refractivity contribution in [3.05, 3.63) is 29.6 Å². The molecule has 96 valence electrons. The zero-order chi connectivity index (χ0) is 13.1. The maximum atomic E-state index is 12.8. The predicted molar refractivity (Wildman–Crippen MR) is 51.8 cm³/mol. The number of benzene rings is 1. The molecule has 7 heteroatoms. The molecule has 1 atom stereocenters. The van der Waals surface area contributed by atoms with Crippen LogP contribution in [-0.4, -0.2) is 29.0 Å². The van der Waals surface area contributed by atoms with Gasteiger partial charge in [-0.2, -0.15) is 13.2 Å². The third-order valence-corrected chi connectivity index (χ3v) is 2.10. The van der Waals surface area contributed by atoms with E-state index in [2.05, 4.69) is 5.32 Å². The lowest BCUT2D eigenvalue weighted by Gasteiger charge is -2.15. The van der Waals surface area contributed by atoms with E-state index in [1.807, 2.05) is 0 Å². The van der Waals surface area contributed by atoms with Crippen LogP contribution in [0.15, 0.2) is 18.2 Å². The van der Waals surface area contributed by atoms with Crippen LogP contribution >= 0.6 is 0 Å². The molecule has 0 aliphatic rings. The van der Waals surface area contributed by atoms with Crippen molar-refractivity contribution in [2.75, 3.05) is 6.54 Å². The summed E-state index contributed by atoms with van der Waals surface area (Å²) in [4.78, 5) is 0. The zero-order valence-corrected chi connectivity index (χ0v) is 8.63. The van der Waals surface area contributed by atoms with Crippen LogP contribution < -0.4 is 5.32 Å². The monoisotopic (exact) mass is 253 g/mol. The van der Waals surface area contributed by atoms with Crippen molar-refractivity contribution in [2.24, 2.45) is 0 Å². The number of phenols is 1. The molecular formula is C10H11F4NO2. The van der Waals surface area contributed by atoms with E-state index in [0.29, 0.717) is 0 Å². The van der Waals surface area contributed by atoms with Gasteiger partial charge in [0.2, 0.25) is 0 Å². The molecule has 0 spiro atoms. The van der Waals surface area contributed by atoms with E-state index in [1.54, 1.807) is 0 Å². The lowest BCUT2D eigenvalue weighted by atomic mass is 10.2. The Bertz CT molecular complexity index is 381. The number of aromatic hydroxyl groups is 1. The van der Waals surface area contributed by atoms with Gasteiger partial charge in [-0.1, -0.05) is 12.1 Å². The summed E-state index contributed by atoms with van der Waals surface area (Å²) in [5.74, 6) is -1.46. The summed E-state index contributed by atoms with van der Waals surface area (Å²) in [6.45, 7) is -0.893. The van der Waals surface area contributed by atoms with E-state index in [1.165, 1.54) is 12.1 Å². The maximum Gasteiger partial charge on any atom is 0.415 e. The lowest BCUT2D eigenvalue weighted by molar-refractivity contribution is -0.201. The molecular weight excluding hydrogens is 242 g/mol. The molecule has 0 saturated heterocycles. The minimum Gasteiger partial charge on any atom is -0.505 e. The molecule has 1 aromatic carbocycles. The van der Waals surface area contributed by atoms with Crippen LogP contribution in [0.3, 0.4) is 0 Å². The molecule has 3 nitrogen and oxygen atoms in total. The number of hydrogen-bond acceptors (Lipinski definition) is 3. The van der Waals surface area contributed by atoms with Gasteiger partial charge >= 0.3 is 6.18 Å². The number of para-hydroxylation sites is 1. The Kier molecular flexibility index (Phi) is 4.30. The third-order valence-electron chi connectivity index (χ3n) is 2.10. The lowest BCUT2D eigenvalue weighted by Crippen LogP contribution is -2.38. The first-order chi connectivity index (χ1) is 7.82. The Balaban J connectivity index is 2.49. The van der Waals surface area contributed by atoms with Crippen molar-refractivity contribution in [1.29, 1.82) is 0 Å². The quantitative estimate of drug-likeness (QED) is 0.713. The number of alkyl halides is 3. The van der Waals surface area contributed by atoms with Gasteiger partial charge in [0.25, 0.3) is 0 Å². The Labute approximate surface area is 94.7 Å². The van der Waals surface area contributed by atoms with Gasteiger partial charge in [-0.25, -0.2) is 4.39 Å². The standard InChI is InChI=1S/C10H11F4NO2/c11-7-3-1-2-6(9(7)17)4-15-5-8(16)10(12,13)14/h1-3,8,15-17H,4-5H2. The fraction of sp³-hybridized carbons (Fsp3) is 0.400. The molecule has 1 aromatic rings. The predicted octanol–water partition coefficient (Wildman–Crippen LogP) is 1.54. The van der Waals surface area contributed by atoms with Crippen molar-refractivity contribution in [2.45, 2.75) is 18.8 Å². The molecule has 17 heavy (non-hydrogen) atoms. The molecule has 0 saturated carbocycles. The Morgan fingerprint density at radius 1 is 1.29 bits per heavy atom. The molecule has 3 N–H and O–H groups in total. The van der Waals surface area contributed by atoms with Gasteiger partial charge in [0.05, 0.1) is 0 Å². The molecule has 0 aliphatic heterocycles. The van der Waals surface area contributed by atoms with Crippen molar-refractivity contribution < 1.29 is 27.8 Å². The second kappa shape index (κ2) is 5.33. The molecule has 0 aromatic heterocycles. The van der Waals surface area contributed by atoms with Gasteiger partial charge in [0.1, 0.15) is 0 Å². The van der Waals surface area contributed by atoms with Crippen LogP contribution in [0.1, 0.15) is 5.56 Å².